The van der Waals surface area contributed by atoms with E-state index in [0.717, 1.165) is 24.7 Å². The van der Waals surface area contributed by atoms with Gasteiger partial charge in [-0.25, -0.2) is 0 Å². The minimum absolute atomic E-state index is 0.192. The minimum Gasteiger partial charge on any atom is -0.393 e. The molecule has 0 saturated heterocycles. The maximum atomic E-state index is 13.3. The Balaban J connectivity index is 1.68. The smallest absolute Gasteiger partial charge is 0.139 e. The average Bonchev–Trinajstić information content (AvgIpc) is 2.87. The van der Waals surface area contributed by atoms with Crippen molar-refractivity contribution in [1.29, 1.82) is 0 Å². The van der Waals surface area contributed by atoms with Crippen LogP contribution in [-0.4, -0.2) is 17.0 Å². The summed E-state index contributed by atoms with van der Waals surface area (Å²) < 4.78 is 0. The minimum atomic E-state index is -0.341. The molecule has 0 unspecified atom stereocenters. The zero-order valence-electron chi connectivity index (χ0n) is 15.2. The van der Waals surface area contributed by atoms with Gasteiger partial charge in [0.25, 0.3) is 0 Å². The van der Waals surface area contributed by atoms with E-state index in [1.165, 1.54) is 44.9 Å². The van der Waals surface area contributed by atoms with Crippen molar-refractivity contribution in [2.45, 2.75) is 84.7 Å². The van der Waals surface area contributed by atoms with E-state index < -0.39 is 0 Å². The van der Waals surface area contributed by atoms with Crippen molar-refractivity contribution in [2.24, 2.45) is 40.4 Å². The van der Waals surface area contributed by atoms with E-state index in [9.17, 15) is 9.90 Å². The van der Waals surface area contributed by atoms with Gasteiger partial charge in [0, 0.05) is 11.8 Å². The molecule has 0 aromatic rings. The van der Waals surface area contributed by atoms with Crippen LogP contribution in [-0.2, 0) is 4.79 Å². The summed E-state index contributed by atoms with van der Waals surface area (Å²) in [6.07, 6.45) is 10.9. The van der Waals surface area contributed by atoms with Gasteiger partial charge in [-0.3, -0.25) is 4.79 Å². The maximum absolute atomic E-state index is 13.3. The number of rotatable bonds is 1. The second-order valence-corrected chi connectivity index (χ2v) is 9.74. The summed E-state index contributed by atoms with van der Waals surface area (Å²) in [5, 5.41) is 10.3. The summed E-state index contributed by atoms with van der Waals surface area (Å²) in [6.45, 7) is 6.62. The van der Waals surface area contributed by atoms with Crippen molar-refractivity contribution >= 4 is 5.78 Å². The molecule has 4 aliphatic carbocycles. The standard InChI is InChI=1S/C21H34O2/c1-13(22)16-9-10-17-15-8-7-14-6-4-5-11-20(14,2)18(15)12-19(23)21(16,17)3/h13-18,22H,4-12H2,1-3H3/t13-,14-,15+,16-,17+,18+,20+,21-/m1/s1. The van der Waals surface area contributed by atoms with Crippen molar-refractivity contribution in [1.82, 2.24) is 0 Å². The highest BCUT2D eigenvalue weighted by molar-refractivity contribution is 5.87. The summed E-state index contributed by atoms with van der Waals surface area (Å²) in [4.78, 5) is 13.3. The van der Waals surface area contributed by atoms with Gasteiger partial charge in [-0.05, 0) is 80.5 Å². The van der Waals surface area contributed by atoms with Gasteiger partial charge < -0.3 is 5.11 Å². The molecule has 2 heteroatoms. The molecule has 4 saturated carbocycles. The first kappa shape index (κ1) is 16.1. The van der Waals surface area contributed by atoms with Crippen molar-refractivity contribution in [3.8, 4) is 0 Å². The van der Waals surface area contributed by atoms with E-state index in [4.69, 9.17) is 0 Å². The molecular weight excluding hydrogens is 284 g/mol. The molecule has 0 spiro atoms. The number of carbonyl (C=O) groups excluding carboxylic acids is 1. The average molecular weight is 319 g/mol. The SMILES string of the molecule is C[C@@H](O)[C@H]1CC[C@H]2[C@@H]3CC[C@H]4CCCC[C@]4(C)[C@H]3CC(=O)[C@]12C. The van der Waals surface area contributed by atoms with Crippen molar-refractivity contribution in [2.75, 3.05) is 0 Å². The first-order valence-electron chi connectivity index (χ1n) is 10.1. The summed E-state index contributed by atoms with van der Waals surface area (Å²) in [7, 11) is 0. The van der Waals surface area contributed by atoms with Gasteiger partial charge in [0.05, 0.1) is 6.10 Å². The van der Waals surface area contributed by atoms with E-state index in [2.05, 4.69) is 13.8 Å². The van der Waals surface area contributed by atoms with Crippen LogP contribution in [0.4, 0.5) is 0 Å². The lowest BCUT2D eigenvalue weighted by atomic mass is 9.44. The highest BCUT2D eigenvalue weighted by atomic mass is 16.3. The Morgan fingerprint density at radius 1 is 1.04 bits per heavy atom. The van der Waals surface area contributed by atoms with Crippen molar-refractivity contribution < 1.29 is 9.90 Å². The van der Waals surface area contributed by atoms with Gasteiger partial charge in [-0.1, -0.05) is 26.7 Å². The van der Waals surface area contributed by atoms with Gasteiger partial charge in [0.1, 0.15) is 5.78 Å². The number of Topliss-reactive ketones (excluding diaryl/α,β-unsaturated/α-hetero) is 1. The molecule has 0 radical (unpaired) electrons. The Bertz CT molecular complexity index is 498. The normalized spacial score (nSPS) is 54.1. The predicted molar refractivity (Wildman–Crippen MR) is 91.9 cm³/mol. The highest BCUT2D eigenvalue weighted by Gasteiger charge is 2.63. The third-order valence-corrected chi connectivity index (χ3v) is 9.10. The number of ketones is 1. The zero-order valence-corrected chi connectivity index (χ0v) is 15.2. The molecule has 2 nitrogen and oxygen atoms in total. The summed E-state index contributed by atoms with van der Waals surface area (Å²) >= 11 is 0. The molecule has 130 valence electrons. The van der Waals surface area contributed by atoms with Crippen LogP contribution < -0.4 is 0 Å². The van der Waals surface area contributed by atoms with Gasteiger partial charge in [0.15, 0.2) is 0 Å². The molecule has 8 atom stereocenters. The molecule has 1 N–H and O–H groups in total. The van der Waals surface area contributed by atoms with Crippen molar-refractivity contribution in [3.63, 3.8) is 0 Å². The molecule has 4 aliphatic rings. The number of hydrogen-bond donors (Lipinski definition) is 1. The number of aliphatic hydroxyl groups excluding tert-OH is 1. The summed E-state index contributed by atoms with van der Waals surface area (Å²) in [6, 6.07) is 0. The predicted octanol–water partition coefficient (Wildman–Crippen LogP) is 4.60. The fraction of sp³-hybridized carbons (Fsp3) is 0.952. The Morgan fingerprint density at radius 2 is 1.83 bits per heavy atom. The fourth-order valence-corrected chi connectivity index (χ4v) is 7.81. The van der Waals surface area contributed by atoms with Crippen LogP contribution in [0.5, 0.6) is 0 Å². The molecule has 23 heavy (non-hydrogen) atoms. The van der Waals surface area contributed by atoms with Crippen LogP contribution in [0.25, 0.3) is 0 Å². The number of carbonyl (C=O) groups is 1. The van der Waals surface area contributed by atoms with Crippen LogP contribution >= 0.6 is 0 Å². The Kier molecular flexibility index (Phi) is 3.72. The lowest BCUT2D eigenvalue weighted by molar-refractivity contribution is -0.159. The van der Waals surface area contributed by atoms with Crippen molar-refractivity contribution in [3.05, 3.63) is 0 Å². The lowest BCUT2D eigenvalue weighted by Crippen LogP contribution is -2.57. The number of hydrogen-bond acceptors (Lipinski definition) is 2. The largest absolute Gasteiger partial charge is 0.393 e. The lowest BCUT2D eigenvalue weighted by Gasteiger charge is -2.60. The van der Waals surface area contributed by atoms with Gasteiger partial charge in [-0.15, -0.1) is 0 Å². The first-order valence-corrected chi connectivity index (χ1v) is 10.1. The Labute approximate surface area is 141 Å². The van der Waals surface area contributed by atoms with Gasteiger partial charge >= 0.3 is 0 Å². The molecule has 0 bridgehead atoms. The molecule has 0 heterocycles. The molecule has 0 aromatic carbocycles. The first-order chi connectivity index (χ1) is 10.9. The second-order valence-electron chi connectivity index (χ2n) is 9.74. The van der Waals surface area contributed by atoms with Crippen LogP contribution in [0.1, 0.15) is 78.6 Å². The molecule has 0 aromatic heterocycles. The maximum Gasteiger partial charge on any atom is 0.139 e. The third-order valence-electron chi connectivity index (χ3n) is 9.10. The van der Waals surface area contributed by atoms with E-state index >= 15 is 0 Å². The molecule has 0 amide bonds. The molecule has 0 aliphatic heterocycles. The van der Waals surface area contributed by atoms with Crippen LogP contribution in [0.3, 0.4) is 0 Å². The van der Waals surface area contributed by atoms with Crippen LogP contribution in [0, 0.1) is 40.4 Å². The van der Waals surface area contributed by atoms with Gasteiger partial charge in [-0.2, -0.15) is 0 Å². The van der Waals surface area contributed by atoms with Crippen LogP contribution in [0.15, 0.2) is 0 Å². The summed E-state index contributed by atoms with van der Waals surface area (Å²) in [5.41, 5.74) is 0.175. The topological polar surface area (TPSA) is 37.3 Å². The number of aliphatic hydroxyl groups is 1. The van der Waals surface area contributed by atoms with E-state index in [1.54, 1.807) is 0 Å². The fourth-order valence-electron chi connectivity index (χ4n) is 7.81. The Hall–Kier alpha value is -0.370. The van der Waals surface area contributed by atoms with E-state index in [1.807, 2.05) is 6.92 Å². The second kappa shape index (κ2) is 5.31. The third kappa shape index (κ3) is 2.06. The summed E-state index contributed by atoms with van der Waals surface area (Å²) in [5.74, 6) is 3.44. The quantitative estimate of drug-likeness (QED) is 0.767. The van der Waals surface area contributed by atoms with E-state index in [-0.39, 0.29) is 17.4 Å². The molecule has 4 fully saturated rings. The molecule has 4 rings (SSSR count). The highest BCUT2D eigenvalue weighted by Crippen LogP contribution is 2.66. The number of fused-ring (bicyclic) bond motifs is 5. The van der Waals surface area contributed by atoms with E-state index in [0.29, 0.717) is 23.0 Å². The molecular formula is C21H34O2. The Morgan fingerprint density at radius 3 is 2.57 bits per heavy atom. The van der Waals surface area contributed by atoms with Crippen LogP contribution in [0.2, 0.25) is 0 Å². The monoisotopic (exact) mass is 318 g/mol. The van der Waals surface area contributed by atoms with Gasteiger partial charge in [0.2, 0.25) is 0 Å². The zero-order chi connectivity index (χ0) is 16.4.